The van der Waals surface area contributed by atoms with Gasteiger partial charge in [-0.15, -0.1) is 0 Å². The van der Waals surface area contributed by atoms with Crippen molar-refractivity contribution in [2.45, 2.75) is 19.9 Å². The fourth-order valence-corrected chi connectivity index (χ4v) is 3.57. The van der Waals surface area contributed by atoms with Crippen molar-refractivity contribution in [1.29, 1.82) is 5.26 Å². The number of hydrogen-bond acceptors (Lipinski definition) is 4. The standard InChI is InChI=1S/C26H24N4O2/c1-19-9-11-22(12-10-19)32-16-15-30-24-8-3-2-7-23(24)29-25(30)13-14-28-26(31)21-6-4-5-20(17-21)18-27/h2-12,17H,13-16H2,1H3,(H,28,31). The molecule has 0 aliphatic rings. The number of imidazole rings is 1. The van der Waals surface area contributed by atoms with Gasteiger partial charge in [-0.3, -0.25) is 4.79 Å². The molecule has 0 saturated carbocycles. The molecule has 1 aromatic heterocycles. The summed E-state index contributed by atoms with van der Waals surface area (Å²) in [4.78, 5) is 17.2. The van der Waals surface area contributed by atoms with Gasteiger partial charge in [-0.25, -0.2) is 4.98 Å². The zero-order valence-corrected chi connectivity index (χ0v) is 17.9. The average Bonchev–Trinajstić information content (AvgIpc) is 3.17. The van der Waals surface area contributed by atoms with E-state index in [0.717, 1.165) is 22.6 Å². The lowest BCUT2D eigenvalue weighted by Gasteiger charge is -2.11. The Kier molecular flexibility index (Phi) is 6.47. The number of nitrogens with zero attached hydrogens (tertiary/aromatic N) is 3. The summed E-state index contributed by atoms with van der Waals surface area (Å²) in [7, 11) is 0. The van der Waals surface area contributed by atoms with Crippen LogP contribution >= 0.6 is 0 Å². The van der Waals surface area contributed by atoms with Gasteiger partial charge in [-0.2, -0.15) is 5.26 Å². The molecule has 6 nitrogen and oxygen atoms in total. The van der Waals surface area contributed by atoms with Crippen LogP contribution in [0.15, 0.2) is 72.8 Å². The van der Waals surface area contributed by atoms with Gasteiger partial charge in [0.1, 0.15) is 18.2 Å². The van der Waals surface area contributed by atoms with E-state index < -0.39 is 0 Å². The Morgan fingerprint density at radius 1 is 1.09 bits per heavy atom. The molecule has 0 radical (unpaired) electrons. The molecule has 0 spiro atoms. The lowest BCUT2D eigenvalue weighted by atomic mass is 10.1. The van der Waals surface area contributed by atoms with Crippen molar-refractivity contribution in [3.05, 3.63) is 95.3 Å². The summed E-state index contributed by atoms with van der Waals surface area (Å²) in [6, 6.07) is 24.7. The number of nitrogens with one attached hydrogen (secondary N) is 1. The molecule has 0 aliphatic carbocycles. The molecule has 0 aliphatic heterocycles. The van der Waals surface area contributed by atoms with E-state index in [-0.39, 0.29) is 5.91 Å². The number of rotatable bonds is 8. The average molecular weight is 425 g/mol. The van der Waals surface area contributed by atoms with Gasteiger partial charge >= 0.3 is 0 Å². The molecule has 4 aromatic rings. The number of ether oxygens (including phenoxy) is 1. The fraction of sp³-hybridized carbons (Fsp3) is 0.192. The van der Waals surface area contributed by atoms with Crippen LogP contribution in [0.3, 0.4) is 0 Å². The van der Waals surface area contributed by atoms with Gasteiger partial charge < -0.3 is 14.6 Å². The molecule has 0 atom stereocenters. The van der Waals surface area contributed by atoms with E-state index in [2.05, 4.69) is 16.0 Å². The Bertz CT molecular complexity index is 1270. The van der Waals surface area contributed by atoms with E-state index >= 15 is 0 Å². The van der Waals surface area contributed by atoms with Crippen LogP contribution in [0.1, 0.15) is 27.3 Å². The predicted molar refractivity (Wildman–Crippen MR) is 124 cm³/mol. The van der Waals surface area contributed by atoms with Crippen molar-refractivity contribution in [1.82, 2.24) is 14.9 Å². The summed E-state index contributed by atoms with van der Waals surface area (Å²) in [6.07, 6.45) is 0.586. The molecule has 1 N–H and O–H groups in total. The first-order valence-electron chi connectivity index (χ1n) is 10.6. The number of carbonyl (C=O) groups is 1. The number of carbonyl (C=O) groups excluding carboxylic acids is 1. The van der Waals surface area contributed by atoms with Crippen molar-refractivity contribution >= 4 is 16.9 Å². The maximum atomic E-state index is 12.4. The van der Waals surface area contributed by atoms with E-state index in [1.54, 1.807) is 24.3 Å². The number of para-hydroxylation sites is 2. The summed E-state index contributed by atoms with van der Waals surface area (Å²) in [5.41, 5.74) is 4.10. The second kappa shape index (κ2) is 9.80. The highest BCUT2D eigenvalue weighted by Crippen LogP contribution is 2.17. The molecule has 4 rings (SSSR count). The number of aryl methyl sites for hydroxylation is 1. The molecule has 6 heteroatoms. The fourth-order valence-electron chi connectivity index (χ4n) is 3.57. The Morgan fingerprint density at radius 2 is 1.91 bits per heavy atom. The Morgan fingerprint density at radius 3 is 2.72 bits per heavy atom. The normalized spacial score (nSPS) is 10.6. The van der Waals surface area contributed by atoms with E-state index in [1.807, 2.05) is 55.5 Å². The lowest BCUT2D eigenvalue weighted by Crippen LogP contribution is -2.26. The first-order chi connectivity index (χ1) is 15.6. The number of nitriles is 1. The minimum atomic E-state index is -0.201. The minimum Gasteiger partial charge on any atom is -0.492 e. The summed E-state index contributed by atoms with van der Waals surface area (Å²) < 4.78 is 8.06. The first kappa shape index (κ1) is 21.1. The van der Waals surface area contributed by atoms with E-state index in [1.165, 1.54) is 5.56 Å². The molecule has 0 bridgehead atoms. The zero-order chi connectivity index (χ0) is 22.3. The first-order valence-corrected chi connectivity index (χ1v) is 10.6. The third kappa shape index (κ3) is 4.96. The maximum Gasteiger partial charge on any atom is 0.251 e. The molecule has 1 heterocycles. The van der Waals surface area contributed by atoms with E-state index in [4.69, 9.17) is 15.0 Å². The molecular formula is C26H24N4O2. The van der Waals surface area contributed by atoms with Crippen LogP contribution in [0.25, 0.3) is 11.0 Å². The number of fused-ring (bicyclic) bond motifs is 1. The minimum absolute atomic E-state index is 0.201. The summed E-state index contributed by atoms with van der Waals surface area (Å²) in [6.45, 7) is 3.66. The van der Waals surface area contributed by atoms with Crippen LogP contribution in [0.4, 0.5) is 0 Å². The van der Waals surface area contributed by atoms with Gasteiger partial charge in [0.15, 0.2) is 0 Å². The second-order valence-electron chi connectivity index (χ2n) is 7.53. The molecule has 3 aromatic carbocycles. The summed E-state index contributed by atoms with van der Waals surface area (Å²) >= 11 is 0. The van der Waals surface area contributed by atoms with Crippen molar-refractivity contribution in [2.24, 2.45) is 0 Å². The van der Waals surface area contributed by atoms with Gasteiger partial charge in [0.2, 0.25) is 0 Å². The van der Waals surface area contributed by atoms with Crippen LogP contribution in [-0.4, -0.2) is 28.6 Å². The number of aromatic nitrogens is 2. The predicted octanol–water partition coefficient (Wildman–Crippen LogP) is 4.27. The summed E-state index contributed by atoms with van der Waals surface area (Å²) in [5.74, 6) is 1.53. The number of amides is 1. The van der Waals surface area contributed by atoms with Crippen molar-refractivity contribution < 1.29 is 9.53 Å². The van der Waals surface area contributed by atoms with Crippen LogP contribution in [0.2, 0.25) is 0 Å². The molecule has 1 amide bonds. The van der Waals surface area contributed by atoms with Gasteiger partial charge in [0, 0.05) is 18.5 Å². The maximum absolute atomic E-state index is 12.4. The SMILES string of the molecule is Cc1ccc(OCCn2c(CCNC(=O)c3cccc(C#N)c3)nc3ccccc32)cc1. The van der Waals surface area contributed by atoms with Crippen LogP contribution in [0, 0.1) is 18.3 Å². The molecule has 0 saturated heterocycles. The molecule has 32 heavy (non-hydrogen) atoms. The van der Waals surface area contributed by atoms with Crippen LogP contribution < -0.4 is 10.1 Å². The van der Waals surface area contributed by atoms with Crippen LogP contribution in [0.5, 0.6) is 5.75 Å². The third-order valence-electron chi connectivity index (χ3n) is 5.23. The molecular weight excluding hydrogens is 400 g/mol. The van der Waals surface area contributed by atoms with Crippen molar-refractivity contribution in [2.75, 3.05) is 13.2 Å². The monoisotopic (exact) mass is 424 g/mol. The Balaban J connectivity index is 1.42. The van der Waals surface area contributed by atoms with Crippen molar-refractivity contribution in [3.8, 4) is 11.8 Å². The third-order valence-corrected chi connectivity index (χ3v) is 5.23. The van der Waals surface area contributed by atoms with Gasteiger partial charge in [-0.05, 0) is 49.4 Å². The quantitative estimate of drug-likeness (QED) is 0.458. The zero-order valence-electron chi connectivity index (χ0n) is 17.9. The van der Waals surface area contributed by atoms with Gasteiger partial charge in [0.25, 0.3) is 5.91 Å². The Hall–Kier alpha value is -4.11. The van der Waals surface area contributed by atoms with Crippen molar-refractivity contribution in [3.63, 3.8) is 0 Å². The topological polar surface area (TPSA) is 79.9 Å². The second-order valence-corrected chi connectivity index (χ2v) is 7.53. The highest BCUT2D eigenvalue weighted by molar-refractivity contribution is 5.94. The molecule has 0 unspecified atom stereocenters. The highest BCUT2D eigenvalue weighted by Gasteiger charge is 2.12. The smallest absolute Gasteiger partial charge is 0.251 e. The van der Waals surface area contributed by atoms with E-state index in [0.29, 0.717) is 37.2 Å². The van der Waals surface area contributed by atoms with Gasteiger partial charge in [-0.1, -0.05) is 35.9 Å². The Labute approximate surface area is 187 Å². The van der Waals surface area contributed by atoms with Gasteiger partial charge in [0.05, 0.1) is 29.2 Å². The molecule has 0 fully saturated rings. The largest absolute Gasteiger partial charge is 0.492 e. The number of benzene rings is 3. The lowest BCUT2D eigenvalue weighted by molar-refractivity contribution is 0.0954. The number of hydrogen-bond donors (Lipinski definition) is 1. The highest BCUT2D eigenvalue weighted by atomic mass is 16.5. The van der Waals surface area contributed by atoms with Crippen LogP contribution in [-0.2, 0) is 13.0 Å². The summed E-state index contributed by atoms with van der Waals surface area (Å²) in [5, 5.41) is 11.9. The van der Waals surface area contributed by atoms with E-state index in [9.17, 15) is 4.79 Å². The molecule has 160 valence electrons.